The van der Waals surface area contributed by atoms with Crippen LogP contribution in [0.4, 0.5) is 0 Å². The van der Waals surface area contributed by atoms with E-state index >= 15 is 0 Å². The van der Waals surface area contributed by atoms with Gasteiger partial charge in [0, 0.05) is 15.1 Å². The first-order valence-corrected chi connectivity index (χ1v) is 9.48. The van der Waals surface area contributed by atoms with Gasteiger partial charge in [0.05, 0.1) is 11.8 Å². The molecule has 3 aromatic rings. The number of nitrogens with one attached hydrogen (secondary N) is 1. The Balaban J connectivity index is 1.67. The number of ether oxygens (including phenoxy) is 1. The lowest BCUT2D eigenvalue weighted by atomic mass is 10.2. The van der Waals surface area contributed by atoms with Gasteiger partial charge in [-0.15, -0.1) is 0 Å². The maximum Gasteiger partial charge on any atom is 0.275 e. The van der Waals surface area contributed by atoms with Gasteiger partial charge >= 0.3 is 0 Å². The molecule has 2 N–H and O–H groups in total. The van der Waals surface area contributed by atoms with Gasteiger partial charge in [-0.3, -0.25) is 4.79 Å². The molecule has 0 radical (unpaired) electrons. The van der Waals surface area contributed by atoms with E-state index in [9.17, 15) is 9.90 Å². The van der Waals surface area contributed by atoms with Crippen molar-refractivity contribution in [2.75, 3.05) is 0 Å². The Morgan fingerprint density at radius 3 is 2.79 bits per heavy atom. The van der Waals surface area contributed by atoms with E-state index in [-0.39, 0.29) is 11.3 Å². The van der Waals surface area contributed by atoms with Gasteiger partial charge in [-0.25, -0.2) is 5.43 Å². The summed E-state index contributed by atoms with van der Waals surface area (Å²) in [4.78, 5) is 12.2. The lowest BCUT2D eigenvalue weighted by Crippen LogP contribution is -2.17. The summed E-state index contributed by atoms with van der Waals surface area (Å²) in [5, 5.41) is 14.4. The Morgan fingerprint density at radius 2 is 1.96 bits per heavy atom. The van der Waals surface area contributed by atoms with Crippen molar-refractivity contribution in [1.82, 2.24) is 5.43 Å². The molecule has 0 saturated carbocycles. The van der Waals surface area contributed by atoms with Gasteiger partial charge in [-0.2, -0.15) is 5.10 Å². The molecule has 3 aromatic carbocycles. The SMILES string of the molecule is O=C(N/N=C\c1ccccc1OCc1cccc(Cl)c1)c1cc(Br)ccc1O. The zero-order valence-corrected chi connectivity index (χ0v) is 16.9. The maximum absolute atomic E-state index is 12.2. The molecule has 0 aliphatic carbocycles. The first-order chi connectivity index (χ1) is 13.5. The summed E-state index contributed by atoms with van der Waals surface area (Å²) in [6, 6.07) is 19.3. The molecule has 0 saturated heterocycles. The summed E-state index contributed by atoms with van der Waals surface area (Å²) in [6.07, 6.45) is 1.49. The van der Waals surface area contributed by atoms with Crippen LogP contribution in [-0.2, 0) is 6.61 Å². The first kappa shape index (κ1) is 19.9. The number of para-hydroxylation sites is 1. The zero-order valence-electron chi connectivity index (χ0n) is 14.6. The van der Waals surface area contributed by atoms with Crippen LogP contribution in [0.25, 0.3) is 0 Å². The highest BCUT2D eigenvalue weighted by atomic mass is 79.9. The number of rotatable bonds is 6. The Hall–Kier alpha value is -2.83. The van der Waals surface area contributed by atoms with Gasteiger partial charge in [0.25, 0.3) is 5.91 Å². The van der Waals surface area contributed by atoms with Crippen molar-refractivity contribution >= 4 is 39.7 Å². The van der Waals surface area contributed by atoms with Crippen molar-refractivity contribution in [2.24, 2.45) is 5.10 Å². The molecule has 0 unspecified atom stereocenters. The van der Waals surface area contributed by atoms with E-state index in [1.54, 1.807) is 12.1 Å². The number of benzene rings is 3. The predicted octanol–water partition coefficient (Wildman–Crippen LogP) is 5.15. The molecular weight excluding hydrogens is 444 g/mol. The van der Waals surface area contributed by atoms with Gasteiger partial charge in [-0.05, 0) is 48.0 Å². The molecule has 0 fully saturated rings. The third-order valence-corrected chi connectivity index (χ3v) is 4.50. The number of hydrogen-bond donors (Lipinski definition) is 2. The number of halogens is 2. The molecule has 0 aromatic heterocycles. The number of phenolic OH excluding ortho intramolecular Hbond substituents is 1. The summed E-state index contributed by atoms with van der Waals surface area (Å²) >= 11 is 9.26. The average Bonchev–Trinajstić information content (AvgIpc) is 2.69. The van der Waals surface area contributed by atoms with E-state index in [0.717, 1.165) is 5.56 Å². The minimum atomic E-state index is -0.521. The summed E-state index contributed by atoms with van der Waals surface area (Å²) in [7, 11) is 0. The number of aromatic hydroxyl groups is 1. The van der Waals surface area contributed by atoms with Crippen molar-refractivity contribution in [1.29, 1.82) is 0 Å². The molecule has 0 heterocycles. The molecule has 0 atom stereocenters. The summed E-state index contributed by atoms with van der Waals surface area (Å²) in [5.74, 6) is -0.0284. The summed E-state index contributed by atoms with van der Waals surface area (Å²) in [5.41, 5.74) is 4.16. The smallest absolute Gasteiger partial charge is 0.275 e. The minimum Gasteiger partial charge on any atom is -0.507 e. The van der Waals surface area contributed by atoms with E-state index in [1.165, 1.54) is 18.3 Å². The van der Waals surface area contributed by atoms with Crippen molar-refractivity contribution in [3.05, 3.63) is 92.9 Å². The number of carbonyl (C=O) groups excluding carboxylic acids is 1. The molecule has 0 aliphatic heterocycles. The fourth-order valence-corrected chi connectivity index (χ4v) is 2.99. The van der Waals surface area contributed by atoms with E-state index in [2.05, 4.69) is 26.5 Å². The summed E-state index contributed by atoms with van der Waals surface area (Å²) in [6.45, 7) is 0.351. The fraction of sp³-hybridized carbons (Fsp3) is 0.0476. The van der Waals surface area contributed by atoms with Gasteiger partial charge in [-0.1, -0.05) is 51.8 Å². The Bertz CT molecular complexity index is 1020. The van der Waals surface area contributed by atoms with Crippen LogP contribution < -0.4 is 10.2 Å². The number of nitrogens with zero attached hydrogens (tertiary/aromatic N) is 1. The fourth-order valence-electron chi connectivity index (χ4n) is 2.42. The molecule has 1 amide bonds. The van der Waals surface area contributed by atoms with E-state index in [1.807, 2.05) is 42.5 Å². The third-order valence-electron chi connectivity index (χ3n) is 3.78. The van der Waals surface area contributed by atoms with Gasteiger partial charge in [0.2, 0.25) is 0 Å². The number of phenols is 1. The van der Waals surface area contributed by atoms with Gasteiger partial charge < -0.3 is 9.84 Å². The highest BCUT2D eigenvalue weighted by molar-refractivity contribution is 9.10. The average molecular weight is 460 g/mol. The lowest BCUT2D eigenvalue weighted by molar-refractivity contribution is 0.0952. The van der Waals surface area contributed by atoms with Crippen molar-refractivity contribution in [3.63, 3.8) is 0 Å². The Morgan fingerprint density at radius 1 is 1.14 bits per heavy atom. The van der Waals surface area contributed by atoms with Gasteiger partial charge in [0.1, 0.15) is 18.1 Å². The normalized spacial score (nSPS) is 10.8. The molecule has 0 aliphatic rings. The number of hydrogen-bond acceptors (Lipinski definition) is 4. The molecular formula is C21H16BrClN2O3. The van der Waals surface area contributed by atoms with Crippen molar-refractivity contribution in [2.45, 2.75) is 6.61 Å². The zero-order chi connectivity index (χ0) is 19.9. The quantitative estimate of drug-likeness (QED) is 0.395. The largest absolute Gasteiger partial charge is 0.507 e. The molecule has 0 bridgehead atoms. The van der Waals surface area contributed by atoms with Crippen LogP contribution in [0.5, 0.6) is 11.5 Å². The minimum absolute atomic E-state index is 0.122. The van der Waals surface area contributed by atoms with Crippen LogP contribution in [0.3, 0.4) is 0 Å². The highest BCUT2D eigenvalue weighted by Gasteiger charge is 2.10. The number of amides is 1. The molecule has 28 heavy (non-hydrogen) atoms. The Kier molecular flexibility index (Phi) is 6.68. The van der Waals surface area contributed by atoms with E-state index < -0.39 is 5.91 Å². The van der Waals surface area contributed by atoms with Crippen LogP contribution in [-0.4, -0.2) is 17.2 Å². The highest BCUT2D eigenvalue weighted by Crippen LogP contribution is 2.22. The third kappa shape index (κ3) is 5.34. The second-order valence-corrected chi connectivity index (χ2v) is 7.17. The second kappa shape index (κ2) is 9.39. The number of carbonyl (C=O) groups is 1. The van der Waals surface area contributed by atoms with Crippen molar-refractivity contribution in [3.8, 4) is 11.5 Å². The lowest BCUT2D eigenvalue weighted by Gasteiger charge is -2.09. The van der Waals surface area contributed by atoms with Crippen molar-refractivity contribution < 1.29 is 14.6 Å². The van der Waals surface area contributed by atoms with Crippen LogP contribution in [0, 0.1) is 0 Å². The van der Waals surface area contributed by atoms with Gasteiger partial charge in [0.15, 0.2) is 0 Å². The van der Waals surface area contributed by atoms with E-state index in [4.69, 9.17) is 16.3 Å². The molecule has 0 spiro atoms. The first-order valence-electron chi connectivity index (χ1n) is 8.31. The topological polar surface area (TPSA) is 70.9 Å². The standard InChI is InChI=1S/C21H16BrClN2O3/c22-16-8-9-19(26)18(11-16)21(27)25-24-12-15-5-1-2-7-20(15)28-13-14-4-3-6-17(23)10-14/h1-12,26H,13H2,(H,25,27)/b24-12-. The maximum atomic E-state index is 12.2. The van der Waals surface area contributed by atoms with Crippen LogP contribution in [0.15, 0.2) is 76.3 Å². The molecule has 5 nitrogen and oxygen atoms in total. The Labute approximate surface area is 175 Å². The second-order valence-electron chi connectivity index (χ2n) is 5.82. The molecule has 142 valence electrons. The van der Waals surface area contributed by atoms with E-state index in [0.29, 0.717) is 27.4 Å². The number of hydrazone groups is 1. The van der Waals surface area contributed by atoms with Crippen LogP contribution in [0.1, 0.15) is 21.5 Å². The molecule has 7 heteroatoms. The monoisotopic (exact) mass is 458 g/mol. The van der Waals surface area contributed by atoms with Crippen LogP contribution >= 0.6 is 27.5 Å². The predicted molar refractivity (Wildman–Crippen MR) is 113 cm³/mol. The summed E-state index contributed by atoms with van der Waals surface area (Å²) < 4.78 is 6.53. The molecule has 3 rings (SSSR count). The van der Waals surface area contributed by atoms with Crippen LogP contribution in [0.2, 0.25) is 5.02 Å².